The molecule has 1 aromatic carbocycles. The molecule has 0 bridgehead atoms. The number of nitrogens with one attached hydrogen (secondary N) is 1. The lowest BCUT2D eigenvalue weighted by Gasteiger charge is -2.33. The van der Waals surface area contributed by atoms with E-state index in [0.29, 0.717) is 22.2 Å². The van der Waals surface area contributed by atoms with Crippen molar-refractivity contribution in [2.45, 2.75) is 58.2 Å². The van der Waals surface area contributed by atoms with Crippen LogP contribution in [0.5, 0.6) is 0 Å². The van der Waals surface area contributed by atoms with Gasteiger partial charge in [0.25, 0.3) is 5.91 Å². The summed E-state index contributed by atoms with van der Waals surface area (Å²) in [6.45, 7) is 9.76. The Morgan fingerprint density at radius 3 is 2.50 bits per heavy atom. The number of anilines is 1. The summed E-state index contributed by atoms with van der Waals surface area (Å²) in [5, 5.41) is 5.40. The number of carbonyl (C=O) groups excluding carboxylic acids is 3. The molecular weight excluding hydrogens is 378 g/mol. The van der Waals surface area contributed by atoms with Gasteiger partial charge in [-0.1, -0.05) is 25.4 Å². The molecule has 3 N–H and O–H groups in total. The predicted octanol–water partition coefficient (Wildman–Crippen LogP) is 1.88. The number of halogens is 1. The Labute approximate surface area is 170 Å². The Balaban J connectivity index is 1.91. The highest BCUT2D eigenvalue weighted by molar-refractivity contribution is 6.31. The number of hydrogen-bond donors (Lipinski definition) is 2. The molecule has 3 heterocycles. The minimum absolute atomic E-state index is 0.135. The van der Waals surface area contributed by atoms with Crippen LogP contribution in [-0.4, -0.2) is 34.2 Å². The molecule has 150 valence electrons. The number of likely N-dealkylation sites (tertiary alicyclic amines) is 1. The third-order valence-electron chi connectivity index (χ3n) is 6.25. The van der Waals surface area contributed by atoms with Crippen molar-refractivity contribution in [3.05, 3.63) is 28.8 Å². The van der Waals surface area contributed by atoms with Crippen LogP contribution in [0.1, 0.15) is 46.6 Å². The second kappa shape index (κ2) is 6.04. The van der Waals surface area contributed by atoms with E-state index in [0.717, 1.165) is 6.42 Å². The number of carbonyl (C=O) groups is 3. The van der Waals surface area contributed by atoms with Gasteiger partial charge >= 0.3 is 0 Å². The van der Waals surface area contributed by atoms with E-state index in [1.165, 1.54) is 4.90 Å². The summed E-state index contributed by atoms with van der Waals surface area (Å²) in [6, 6.07) is 5.12. The molecule has 3 amide bonds. The Morgan fingerprint density at radius 1 is 1.21 bits per heavy atom. The van der Waals surface area contributed by atoms with Gasteiger partial charge in [0.05, 0.1) is 5.69 Å². The smallest absolute Gasteiger partial charge is 0.291 e. The third-order valence-corrected chi connectivity index (χ3v) is 6.48. The minimum Gasteiger partial charge on any atom is -0.326 e. The number of nitrogens with two attached hydrogens (primary N) is 1. The van der Waals surface area contributed by atoms with Gasteiger partial charge in [-0.15, -0.1) is 0 Å². The molecule has 0 unspecified atom stereocenters. The van der Waals surface area contributed by atoms with Crippen molar-refractivity contribution >= 4 is 35.0 Å². The SMILES string of the molecule is CC(C)C[C@H]1[NH2+][C@]2(C(=O)Nc3ccc(Cl)cc32)[C@@H]2C(=O)N(C(C)(C)C)C(=O)[C@@H]21. The predicted molar refractivity (Wildman–Crippen MR) is 106 cm³/mol. The van der Waals surface area contributed by atoms with Gasteiger partial charge in [0, 0.05) is 22.5 Å². The van der Waals surface area contributed by atoms with Gasteiger partial charge in [-0.2, -0.15) is 0 Å². The quantitative estimate of drug-likeness (QED) is 0.738. The molecule has 4 rings (SSSR count). The standard InChI is InChI=1S/C21H26ClN3O3/c1-10(2)8-14-15-16(18(27)25(17(15)26)20(3,4)5)21(24-14)12-9-11(22)6-7-13(12)23-19(21)28/h6-7,9-10,14-16,24H,8H2,1-5H3,(H,23,28)/p+1/t14-,15-,16+,21+/m1/s1. The van der Waals surface area contributed by atoms with Gasteiger partial charge < -0.3 is 10.6 Å². The second-order valence-electron chi connectivity index (χ2n) is 9.66. The second-order valence-corrected chi connectivity index (χ2v) is 10.1. The molecule has 3 aliphatic rings. The van der Waals surface area contributed by atoms with E-state index in [1.54, 1.807) is 18.2 Å². The van der Waals surface area contributed by atoms with Crippen molar-refractivity contribution in [2.75, 3.05) is 5.32 Å². The summed E-state index contributed by atoms with van der Waals surface area (Å²) < 4.78 is 0. The van der Waals surface area contributed by atoms with Crippen molar-refractivity contribution < 1.29 is 19.7 Å². The average molecular weight is 405 g/mol. The zero-order chi connectivity index (χ0) is 20.6. The lowest BCUT2D eigenvalue weighted by Crippen LogP contribution is -2.99. The van der Waals surface area contributed by atoms with E-state index < -0.39 is 22.9 Å². The first-order valence-corrected chi connectivity index (χ1v) is 10.2. The van der Waals surface area contributed by atoms with E-state index in [4.69, 9.17) is 11.6 Å². The highest BCUT2D eigenvalue weighted by Crippen LogP contribution is 2.51. The fourth-order valence-corrected chi connectivity index (χ4v) is 5.53. The third kappa shape index (κ3) is 2.47. The van der Waals surface area contributed by atoms with Crippen LogP contribution in [0.25, 0.3) is 0 Å². The van der Waals surface area contributed by atoms with Gasteiger partial charge in [-0.05, 0) is 44.9 Å². The maximum Gasteiger partial charge on any atom is 0.291 e. The summed E-state index contributed by atoms with van der Waals surface area (Å²) in [5.74, 6) is -1.54. The Kier molecular flexibility index (Phi) is 4.18. The number of quaternary nitrogens is 1. The van der Waals surface area contributed by atoms with Crippen molar-refractivity contribution in [1.29, 1.82) is 0 Å². The summed E-state index contributed by atoms with van der Waals surface area (Å²) in [4.78, 5) is 41.6. The molecule has 2 saturated heterocycles. The van der Waals surface area contributed by atoms with Crippen molar-refractivity contribution in [3.63, 3.8) is 0 Å². The molecule has 28 heavy (non-hydrogen) atoms. The van der Waals surface area contributed by atoms with Gasteiger partial charge in [-0.25, -0.2) is 0 Å². The molecule has 0 aromatic heterocycles. The fourth-order valence-electron chi connectivity index (χ4n) is 5.36. The van der Waals surface area contributed by atoms with E-state index >= 15 is 0 Å². The normalized spacial score (nSPS) is 31.8. The summed E-state index contributed by atoms with van der Waals surface area (Å²) in [6.07, 6.45) is 0.753. The van der Waals surface area contributed by atoms with Crippen LogP contribution in [0, 0.1) is 17.8 Å². The Morgan fingerprint density at radius 2 is 1.89 bits per heavy atom. The zero-order valence-electron chi connectivity index (χ0n) is 16.9. The van der Waals surface area contributed by atoms with Gasteiger partial charge in [-0.3, -0.25) is 19.3 Å². The average Bonchev–Trinajstić information content (AvgIpc) is 3.12. The van der Waals surface area contributed by atoms with Crippen LogP contribution < -0.4 is 10.6 Å². The summed E-state index contributed by atoms with van der Waals surface area (Å²) >= 11 is 6.25. The van der Waals surface area contributed by atoms with Crippen LogP contribution in [0.4, 0.5) is 5.69 Å². The van der Waals surface area contributed by atoms with Crippen molar-refractivity contribution in [2.24, 2.45) is 17.8 Å². The first-order valence-electron chi connectivity index (χ1n) is 9.84. The molecule has 1 aromatic rings. The molecule has 4 atom stereocenters. The fraction of sp³-hybridized carbons (Fsp3) is 0.571. The molecule has 0 radical (unpaired) electrons. The maximum atomic E-state index is 13.5. The first-order chi connectivity index (χ1) is 13.0. The maximum absolute atomic E-state index is 13.5. The number of benzene rings is 1. The number of rotatable bonds is 2. The van der Waals surface area contributed by atoms with E-state index in [-0.39, 0.29) is 23.8 Å². The van der Waals surface area contributed by atoms with Gasteiger partial charge in [0.15, 0.2) is 0 Å². The molecule has 0 aliphatic carbocycles. The summed E-state index contributed by atoms with van der Waals surface area (Å²) in [5.41, 5.74) is -0.391. The summed E-state index contributed by atoms with van der Waals surface area (Å²) in [7, 11) is 0. The Hall–Kier alpha value is -1.92. The molecule has 7 heteroatoms. The molecule has 3 aliphatic heterocycles. The molecule has 0 saturated carbocycles. The molecule has 6 nitrogen and oxygen atoms in total. The number of nitrogens with zero attached hydrogens (tertiary/aromatic N) is 1. The monoisotopic (exact) mass is 404 g/mol. The van der Waals surface area contributed by atoms with Crippen LogP contribution >= 0.6 is 11.6 Å². The van der Waals surface area contributed by atoms with E-state index in [2.05, 4.69) is 19.2 Å². The number of fused-ring (bicyclic) bond motifs is 4. The van der Waals surface area contributed by atoms with Gasteiger partial charge in [0.1, 0.15) is 17.9 Å². The topological polar surface area (TPSA) is 83.1 Å². The molecular formula is C21H27ClN3O3+. The van der Waals surface area contributed by atoms with Gasteiger partial charge in [0.2, 0.25) is 17.4 Å². The largest absolute Gasteiger partial charge is 0.326 e. The van der Waals surface area contributed by atoms with Crippen LogP contribution in [-0.2, 0) is 19.9 Å². The lowest BCUT2D eigenvalue weighted by molar-refractivity contribution is -0.734. The Bertz CT molecular complexity index is 891. The number of hydrogen-bond acceptors (Lipinski definition) is 3. The lowest BCUT2D eigenvalue weighted by atomic mass is 9.76. The molecule has 2 fully saturated rings. The van der Waals surface area contributed by atoms with Crippen molar-refractivity contribution in [3.8, 4) is 0 Å². The van der Waals surface area contributed by atoms with Crippen LogP contribution in [0.15, 0.2) is 18.2 Å². The highest BCUT2D eigenvalue weighted by atomic mass is 35.5. The first kappa shape index (κ1) is 19.4. The number of amides is 3. The van der Waals surface area contributed by atoms with E-state index in [1.807, 2.05) is 26.1 Å². The number of imide groups is 1. The zero-order valence-corrected chi connectivity index (χ0v) is 17.6. The van der Waals surface area contributed by atoms with Crippen LogP contribution in [0.2, 0.25) is 5.02 Å². The molecule has 1 spiro atoms. The minimum atomic E-state index is -1.14. The highest BCUT2D eigenvalue weighted by Gasteiger charge is 2.74. The van der Waals surface area contributed by atoms with E-state index in [9.17, 15) is 14.4 Å². The van der Waals surface area contributed by atoms with Crippen LogP contribution in [0.3, 0.4) is 0 Å². The van der Waals surface area contributed by atoms with Crippen molar-refractivity contribution in [1.82, 2.24) is 4.90 Å².